The van der Waals surface area contributed by atoms with E-state index in [2.05, 4.69) is 10.3 Å². The number of pyridine rings is 1. The molecule has 1 aromatic heterocycles. The smallest absolute Gasteiger partial charge is 0.163 e. The second-order valence-electron chi connectivity index (χ2n) is 5.16. The lowest BCUT2D eigenvalue weighted by Gasteiger charge is -2.25. The number of rotatable bonds is 4. The van der Waals surface area contributed by atoms with Crippen LogP contribution in [0.15, 0.2) is 18.3 Å². The Morgan fingerprint density at radius 3 is 2.83 bits per heavy atom. The Kier molecular flexibility index (Phi) is 3.45. The lowest BCUT2D eigenvalue weighted by molar-refractivity contribution is -0.162. The summed E-state index contributed by atoms with van der Waals surface area (Å²) in [6.07, 6.45) is 1.71. The van der Waals surface area contributed by atoms with Crippen LogP contribution in [0.2, 0.25) is 0 Å². The first-order valence-electron chi connectivity index (χ1n) is 6.03. The minimum absolute atomic E-state index is 0.410. The molecule has 18 heavy (non-hydrogen) atoms. The topological polar surface area (TPSA) is 52.6 Å². The van der Waals surface area contributed by atoms with Crippen LogP contribution in [0.3, 0.4) is 0 Å². The van der Waals surface area contributed by atoms with Gasteiger partial charge in [-0.15, -0.1) is 0 Å². The summed E-state index contributed by atoms with van der Waals surface area (Å²) >= 11 is 0. The van der Waals surface area contributed by atoms with Gasteiger partial charge in [-0.05, 0) is 26.8 Å². The van der Waals surface area contributed by atoms with Crippen LogP contribution in [-0.2, 0) is 9.47 Å². The standard InChI is InChI=1S/C13H20N2O3/c1-12(2)17-9-13(3,18-12)8-16-10-5-6-15-11(7-10)14-4/h5-7H,8-9H2,1-4H3,(H,14,15)/t13-/m0/s1. The van der Waals surface area contributed by atoms with Crippen molar-refractivity contribution in [3.05, 3.63) is 18.3 Å². The van der Waals surface area contributed by atoms with Gasteiger partial charge in [-0.1, -0.05) is 0 Å². The highest BCUT2D eigenvalue weighted by molar-refractivity contribution is 5.39. The maximum atomic E-state index is 5.84. The fourth-order valence-corrected chi connectivity index (χ4v) is 1.92. The molecule has 1 saturated heterocycles. The Hall–Kier alpha value is -1.33. The summed E-state index contributed by atoms with van der Waals surface area (Å²) < 4.78 is 17.1. The molecule has 0 radical (unpaired) electrons. The van der Waals surface area contributed by atoms with Crippen molar-refractivity contribution in [3.63, 3.8) is 0 Å². The molecule has 0 aliphatic carbocycles. The molecular weight excluding hydrogens is 232 g/mol. The molecule has 1 aromatic rings. The van der Waals surface area contributed by atoms with Crippen molar-refractivity contribution in [3.8, 4) is 5.75 Å². The summed E-state index contributed by atoms with van der Waals surface area (Å²) in [6, 6.07) is 3.68. The Balaban J connectivity index is 1.95. The van der Waals surface area contributed by atoms with Crippen molar-refractivity contribution in [1.29, 1.82) is 0 Å². The van der Waals surface area contributed by atoms with Gasteiger partial charge in [0.15, 0.2) is 5.79 Å². The Morgan fingerprint density at radius 2 is 2.22 bits per heavy atom. The van der Waals surface area contributed by atoms with Crippen LogP contribution in [-0.4, -0.2) is 36.6 Å². The van der Waals surface area contributed by atoms with Crippen LogP contribution < -0.4 is 10.1 Å². The van der Waals surface area contributed by atoms with E-state index in [1.807, 2.05) is 40.0 Å². The van der Waals surface area contributed by atoms with E-state index in [9.17, 15) is 0 Å². The lowest BCUT2D eigenvalue weighted by Crippen LogP contribution is -2.37. The number of ether oxygens (including phenoxy) is 3. The quantitative estimate of drug-likeness (QED) is 0.888. The molecule has 5 nitrogen and oxygen atoms in total. The van der Waals surface area contributed by atoms with Crippen LogP contribution in [0.5, 0.6) is 5.75 Å². The zero-order chi connectivity index (χ0) is 13.2. The Labute approximate surface area is 107 Å². The first-order chi connectivity index (χ1) is 8.42. The molecule has 0 amide bonds. The van der Waals surface area contributed by atoms with Crippen molar-refractivity contribution in [1.82, 2.24) is 4.98 Å². The number of hydrogen-bond acceptors (Lipinski definition) is 5. The van der Waals surface area contributed by atoms with Crippen LogP contribution in [0.4, 0.5) is 5.82 Å². The number of aromatic nitrogens is 1. The number of hydrogen-bond donors (Lipinski definition) is 1. The third kappa shape index (κ3) is 3.11. The van der Waals surface area contributed by atoms with Crippen LogP contribution in [0, 0.1) is 0 Å². The minimum Gasteiger partial charge on any atom is -0.490 e. The van der Waals surface area contributed by atoms with E-state index < -0.39 is 11.4 Å². The van der Waals surface area contributed by atoms with Gasteiger partial charge in [0.2, 0.25) is 0 Å². The van der Waals surface area contributed by atoms with Gasteiger partial charge in [0.05, 0.1) is 6.61 Å². The number of nitrogens with one attached hydrogen (secondary N) is 1. The Morgan fingerprint density at radius 1 is 1.44 bits per heavy atom. The first-order valence-corrected chi connectivity index (χ1v) is 6.03. The summed E-state index contributed by atoms with van der Waals surface area (Å²) in [5, 5.41) is 2.97. The van der Waals surface area contributed by atoms with Crippen molar-refractivity contribution < 1.29 is 14.2 Å². The molecule has 1 aliphatic rings. The maximum Gasteiger partial charge on any atom is 0.163 e. The molecular formula is C13H20N2O3. The second-order valence-corrected chi connectivity index (χ2v) is 5.16. The predicted octanol–water partition coefficient (Wildman–Crippen LogP) is 2.04. The SMILES string of the molecule is CNc1cc(OC[C@@]2(C)COC(C)(C)O2)ccn1. The maximum absolute atomic E-state index is 5.84. The molecule has 0 saturated carbocycles. The largest absolute Gasteiger partial charge is 0.490 e. The molecule has 2 rings (SSSR count). The molecule has 1 atom stereocenters. The summed E-state index contributed by atoms with van der Waals surface area (Å²) in [6.45, 7) is 6.78. The number of anilines is 1. The predicted molar refractivity (Wildman–Crippen MR) is 68.8 cm³/mol. The normalized spacial score (nSPS) is 26.0. The van der Waals surface area contributed by atoms with E-state index >= 15 is 0 Å². The zero-order valence-corrected chi connectivity index (χ0v) is 11.3. The minimum atomic E-state index is -0.535. The fourth-order valence-electron chi connectivity index (χ4n) is 1.92. The molecule has 0 aromatic carbocycles. The van der Waals surface area contributed by atoms with Gasteiger partial charge in [0.1, 0.15) is 23.8 Å². The van der Waals surface area contributed by atoms with Gasteiger partial charge >= 0.3 is 0 Å². The molecule has 2 heterocycles. The van der Waals surface area contributed by atoms with Crippen LogP contribution >= 0.6 is 0 Å². The third-order valence-corrected chi connectivity index (χ3v) is 2.75. The summed E-state index contributed by atoms with van der Waals surface area (Å²) in [5.74, 6) is 1.01. The molecule has 1 aliphatic heterocycles. The van der Waals surface area contributed by atoms with Crippen LogP contribution in [0.1, 0.15) is 20.8 Å². The van der Waals surface area contributed by atoms with E-state index in [4.69, 9.17) is 14.2 Å². The van der Waals surface area contributed by atoms with Crippen LogP contribution in [0.25, 0.3) is 0 Å². The van der Waals surface area contributed by atoms with Gasteiger partial charge in [0.25, 0.3) is 0 Å². The molecule has 0 unspecified atom stereocenters. The summed E-state index contributed by atoms with van der Waals surface area (Å²) in [7, 11) is 1.82. The van der Waals surface area contributed by atoms with E-state index in [0.717, 1.165) is 11.6 Å². The third-order valence-electron chi connectivity index (χ3n) is 2.75. The monoisotopic (exact) mass is 252 g/mol. The molecule has 1 fully saturated rings. The second kappa shape index (κ2) is 4.74. The van der Waals surface area contributed by atoms with E-state index in [-0.39, 0.29) is 0 Å². The summed E-state index contributed by atoms with van der Waals surface area (Å²) in [4.78, 5) is 4.13. The van der Waals surface area contributed by atoms with E-state index in [1.54, 1.807) is 6.20 Å². The highest BCUT2D eigenvalue weighted by Gasteiger charge is 2.42. The first kappa shape index (κ1) is 13.1. The van der Waals surface area contributed by atoms with Gasteiger partial charge in [-0.2, -0.15) is 0 Å². The van der Waals surface area contributed by atoms with Crippen molar-refractivity contribution in [2.75, 3.05) is 25.6 Å². The molecule has 100 valence electrons. The number of nitrogens with zero attached hydrogens (tertiary/aromatic N) is 1. The lowest BCUT2D eigenvalue weighted by atomic mass is 10.1. The summed E-state index contributed by atoms with van der Waals surface area (Å²) in [5.41, 5.74) is -0.410. The van der Waals surface area contributed by atoms with Gasteiger partial charge in [0, 0.05) is 19.3 Å². The highest BCUT2D eigenvalue weighted by atomic mass is 16.8. The molecule has 1 N–H and O–H groups in total. The average Bonchev–Trinajstić information content (AvgIpc) is 2.62. The zero-order valence-electron chi connectivity index (χ0n) is 11.3. The van der Waals surface area contributed by atoms with E-state index in [1.165, 1.54) is 0 Å². The van der Waals surface area contributed by atoms with Crippen molar-refractivity contribution in [2.45, 2.75) is 32.2 Å². The van der Waals surface area contributed by atoms with Gasteiger partial charge < -0.3 is 19.5 Å². The van der Waals surface area contributed by atoms with Gasteiger partial charge in [-0.3, -0.25) is 0 Å². The highest BCUT2D eigenvalue weighted by Crippen LogP contribution is 2.31. The fraction of sp³-hybridized carbons (Fsp3) is 0.615. The van der Waals surface area contributed by atoms with Gasteiger partial charge in [-0.25, -0.2) is 4.98 Å². The molecule has 5 heteroatoms. The Bertz CT molecular complexity index is 422. The van der Waals surface area contributed by atoms with Crippen molar-refractivity contribution >= 4 is 5.82 Å². The molecule has 0 spiro atoms. The molecule has 0 bridgehead atoms. The average molecular weight is 252 g/mol. The van der Waals surface area contributed by atoms with Crippen molar-refractivity contribution in [2.24, 2.45) is 0 Å². The van der Waals surface area contributed by atoms with E-state index in [0.29, 0.717) is 13.2 Å².